The molecule has 3 aromatic rings. The average Bonchev–Trinajstić information content (AvgIpc) is 3.53. The number of nitrogens with one attached hydrogen (secondary N) is 2. The van der Waals surface area contributed by atoms with Crippen molar-refractivity contribution in [2.45, 2.75) is 50.5 Å². The molecular weight excluding hydrogens is 474 g/mol. The zero-order valence-electron chi connectivity index (χ0n) is 18.9. The summed E-state index contributed by atoms with van der Waals surface area (Å²) >= 11 is 1.56. The first-order valence-electron chi connectivity index (χ1n) is 11.4. The van der Waals surface area contributed by atoms with E-state index in [1.807, 2.05) is 31.2 Å². The van der Waals surface area contributed by atoms with Crippen LogP contribution in [0, 0.1) is 12.8 Å². The molecule has 0 amide bonds. The number of ether oxygens (including phenoxy) is 1. The number of anilines is 2. The topological polar surface area (TPSA) is 133 Å². The quantitative estimate of drug-likeness (QED) is 0.328. The Labute approximate surface area is 209 Å². The second-order valence-corrected chi connectivity index (χ2v) is 9.80. The van der Waals surface area contributed by atoms with Crippen molar-refractivity contribution in [3.8, 4) is 10.6 Å². The second-order valence-electron chi connectivity index (χ2n) is 8.77. The van der Waals surface area contributed by atoms with Gasteiger partial charge in [-0.05, 0) is 38.3 Å². The van der Waals surface area contributed by atoms with Crippen LogP contribution in [-0.4, -0.2) is 74.4 Å². The van der Waals surface area contributed by atoms with Gasteiger partial charge in [0.2, 0.25) is 5.95 Å². The van der Waals surface area contributed by atoms with Gasteiger partial charge in [-0.1, -0.05) is 12.1 Å². The Morgan fingerprint density at radius 2 is 1.97 bits per heavy atom. The molecule has 1 aliphatic heterocycles. The number of nitrogens with zero attached hydrogens (tertiary/aromatic N) is 3. The highest BCUT2D eigenvalue weighted by atomic mass is 32.1. The van der Waals surface area contributed by atoms with E-state index in [1.165, 1.54) is 0 Å². The van der Waals surface area contributed by atoms with E-state index < -0.39 is 18.2 Å². The van der Waals surface area contributed by atoms with Crippen molar-refractivity contribution in [1.82, 2.24) is 15.0 Å². The highest BCUT2D eigenvalue weighted by molar-refractivity contribution is 7.59. The Bertz CT molecular complexity index is 1090. The molecule has 1 saturated heterocycles. The Morgan fingerprint density at radius 3 is 2.68 bits per heavy atom. The summed E-state index contributed by atoms with van der Waals surface area (Å²) in [5.74, 6) is 0.636. The van der Waals surface area contributed by atoms with Crippen LogP contribution in [0.2, 0.25) is 0 Å². The van der Waals surface area contributed by atoms with Crippen LogP contribution in [0.4, 0.5) is 11.8 Å². The van der Waals surface area contributed by atoms with Gasteiger partial charge in [-0.2, -0.15) is 18.5 Å². The molecule has 34 heavy (non-hydrogen) atoms. The van der Waals surface area contributed by atoms with Crippen molar-refractivity contribution in [1.29, 1.82) is 0 Å². The minimum atomic E-state index is -1.01. The van der Waals surface area contributed by atoms with Crippen molar-refractivity contribution in [2.75, 3.05) is 30.4 Å². The summed E-state index contributed by atoms with van der Waals surface area (Å²) in [6.45, 7) is 3.14. The third-order valence-corrected chi connectivity index (χ3v) is 7.52. The average molecular weight is 506 g/mol. The highest BCUT2D eigenvalue weighted by Crippen LogP contribution is 2.38. The number of fused-ring (bicyclic) bond motifs is 1. The zero-order valence-corrected chi connectivity index (χ0v) is 20.8. The van der Waals surface area contributed by atoms with Crippen LogP contribution in [0.3, 0.4) is 0 Å². The fraction of sp³-hybridized carbons (Fsp3) is 0.522. The molecule has 9 nitrogen and oxygen atoms in total. The number of hydrogen-bond donors (Lipinski definition) is 5. The smallest absolute Gasteiger partial charge is 0.224 e. The minimum absolute atomic E-state index is 0. The van der Waals surface area contributed by atoms with E-state index in [4.69, 9.17) is 14.7 Å². The van der Waals surface area contributed by atoms with E-state index >= 15 is 0 Å². The normalized spacial score (nSPS) is 26.5. The van der Waals surface area contributed by atoms with Gasteiger partial charge in [0.15, 0.2) is 0 Å². The number of benzene rings is 1. The molecular formula is C23H31N5O4S2. The number of aliphatic hydroxyl groups excluding tert-OH is 3. The van der Waals surface area contributed by atoms with Crippen LogP contribution in [0.15, 0.2) is 24.3 Å². The van der Waals surface area contributed by atoms with Gasteiger partial charge in [0.05, 0.1) is 39.7 Å². The van der Waals surface area contributed by atoms with Crippen LogP contribution >= 0.6 is 24.8 Å². The monoisotopic (exact) mass is 505 g/mol. The molecule has 2 fully saturated rings. The fourth-order valence-electron chi connectivity index (χ4n) is 4.63. The summed E-state index contributed by atoms with van der Waals surface area (Å²) < 4.78 is 6.76. The molecule has 3 heterocycles. The van der Waals surface area contributed by atoms with Crippen LogP contribution in [0.25, 0.3) is 20.8 Å². The molecule has 2 aromatic heterocycles. The van der Waals surface area contributed by atoms with E-state index in [1.54, 1.807) is 11.3 Å². The lowest BCUT2D eigenvalue weighted by atomic mass is 10.1. The van der Waals surface area contributed by atoms with Crippen LogP contribution in [-0.2, 0) is 4.74 Å². The molecule has 5 atom stereocenters. The molecule has 1 saturated carbocycles. The van der Waals surface area contributed by atoms with E-state index in [9.17, 15) is 15.3 Å². The summed E-state index contributed by atoms with van der Waals surface area (Å²) in [6.07, 6.45) is 0.646. The number of aryl methyl sites for hydroxylation is 1. The first kappa shape index (κ1) is 25.1. The molecule has 5 N–H and O–H groups in total. The van der Waals surface area contributed by atoms with E-state index in [2.05, 4.69) is 15.6 Å². The van der Waals surface area contributed by atoms with Gasteiger partial charge in [-0.3, -0.25) is 0 Å². The lowest BCUT2D eigenvalue weighted by Gasteiger charge is -2.21. The summed E-state index contributed by atoms with van der Waals surface area (Å²) in [7, 11) is 0. The van der Waals surface area contributed by atoms with Crippen molar-refractivity contribution in [3.05, 3.63) is 30.0 Å². The van der Waals surface area contributed by atoms with Crippen molar-refractivity contribution >= 4 is 46.8 Å². The Balaban J connectivity index is 0.00000274. The molecule has 1 aromatic carbocycles. The van der Waals surface area contributed by atoms with Gasteiger partial charge in [-0.25, -0.2) is 9.97 Å². The number of hydrogen-bond acceptors (Lipinski definition) is 10. The maximum atomic E-state index is 10.6. The van der Waals surface area contributed by atoms with E-state index in [0.717, 1.165) is 45.9 Å². The third kappa shape index (κ3) is 5.00. The molecule has 0 radical (unpaired) electrons. The van der Waals surface area contributed by atoms with Gasteiger partial charge in [0.1, 0.15) is 16.9 Å². The number of aromatic nitrogens is 3. The SMILES string of the molecule is Cc1nc(NCC2CCCO2)nc(N[C@@H]2C[C@H](CO)[C@@H](O)[C@H]2O)c1-c1nc2ccccc2s1.S. The lowest BCUT2D eigenvalue weighted by molar-refractivity contribution is 0.00446. The lowest BCUT2D eigenvalue weighted by Crippen LogP contribution is -2.35. The number of thiazole rings is 1. The molecule has 0 bridgehead atoms. The zero-order chi connectivity index (χ0) is 22.9. The highest BCUT2D eigenvalue weighted by Gasteiger charge is 2.41. The van der Waals surface area contributed by atoms with Gasteiger partial charge in [-0.15, -0.1) is 11.3 Å². The molecule has 5 rings (SSSR count). The molecule has 11 heteroatoms. The van der Waals surface area contributed by atoms with Gasteiger partial charge >= 0.3 is 0 Å². The molecule has 1 unspecified atom stereocenters. The van der Waals surface area contributed by atoms with E-state index in [-0.39, 0.29) is 32.1 Å². The van der Waals surface area contributed by atoms with Gasteiger partial charge < -0.3 is 30.7 Å². The van der Waals surface area contributed by atoms with Gasteiger partial charge in [0, 0.05) is 25.7 Å². The largest absolute Gasteiger partial charge is 0.396 e. The predicted octanol–water partition coefficient (Wildman–Crippen LogP) is 2.28. The Morgan fingerprint density at radius 1 is 1.15 bits per heavy atom. The first-order valence-corrected chi connectivity index (χ1v) is 12.2. The molecule has 184 valence electrons. The minimum Gasteiger partial charge on any atom is -0.396 e. The number of rotatable bonds is 7. The van der Waals surface area contributed by atoms with Crippen LogP contribution in [0.5, 0.6) is 0 Å². The van der Waals surface area contributed by atoms with Gasteiger partial charge in [0.25, 0.3) is 0 Å². The maximum absolute atomic E-state index is 10.6. The first-order chi connectivity index (χ1) is 16.0. The Kier molecular flexibility index (Phi) is 7.90. The number of para-hydroxylation sites is 1. The predicted molar refractivity (Wildman–Crippen MR) is 138 cm³/mol. The molecule has 1 aliphatic carbocycles. The summed E-state index contributed by atoms with van der Waals surface area (Å²) in [6, 6.07) is 7.48. The van der Waals surface area contributed by atoms with E-state index in [0.29, 0.717) is 24.7 Å². The summed E-state index contributed by atoms with van der Waals surface area (Å²) in [5.41, 5.74) is 2.43. The second kappa shape index (κ2) is 10.7. The van der Waals surface area contributed by atoms with Crippen molar-refractivity contribution in [3.63, 3.8) is 0 Å². The fourth-order valence-corrected chi connectivity index (χ4v) is 5.69. The molecule has 2 aliphatic rings. The standard InChI is InChI=1S/C23H29N5O4S.H2S/c1-12-18(22-27-15-6-2-3-7-17(15)33-22)21(26-16-9-13(11-29)19(30)20(16)31)28-23(25-12)24-10-14-5-4-8-32-14;/h2-3,6-7,13-14,16,19-20,29-31H,4-5,8-11H2,1H3,(H2,24,25,26,28);1H2/t13-,14?,16-,19-,20+;/m1./s1. The summed E-state index contributed by atoms with van der Waals surface area (Å²) in [5, 5.41) is 37.8. The van der Waals surface area contributed by atoms with Crippen LogP contribution in [0.1, 0.15) is 25.0 Å². The third-order valence-electron chi connectivity index (χ3n) is 6.47. The van der Waals surface area contributed by atoms with Crippen LogP contribution < -0.4 is 10.6 Å². The molecule has 0 spiro atoms. The maximum Gasteiger partial charge on any atom is 0.224 e. The van der Waals surface area contributed by atoms with Crippen molar-refractivity contribution in [2.24, 2.45) is 5.92 Å². The van der Waals surface area contributed by atoms with Crippen molar-refractivity contribution < 1.29 is 20.1 Å². The Hall–Kier alpha value is -2.02. The summed E-state index contributed by atoms with van der Waals surface area (Å²) in [4.78, 5) is 14.2. The number of aliphatic hydroxyl groups is 3.